The van der Waals surface area contributed by atoms with Crippen molar-refractivity contribution < 1.29 is 14.3 Å². The third-order valence-electron chi connectivity index (χ3n) is 2.92. The Morgan fingerprint density at radius 2 is 2.08 bits per heavy atom. The Balaban J connectivity index is 2.20. The number of thioether (sulfide) groups is 1. The van der Waals surface area contributed by atoms with Crippen LogP contribution in [0.25, 0.3) is 0 Å². The molecule has 136 valence electrons. The molecule has 0 unspecified atom stereocenters. The number of nitrogens with zero attached hydrogens (tertiary/aromatic N) is 2. The molecule has 1 aromatic carbocycles. The summed E-state index contributed by atoms with van der Waals surface area (Å²) in [5.74, 6) is 1.48. The molecule has 0 aliphatic heterocycles. The molecular weight excluding hydrogens is 382 g/mol. The number of carbonyl (C=O) groups is 1. The van der Waals surface area contributed by atoms with Gasteiger partial charge in [-0.1, -0.05) is 48.5 Å². The van der Waals surface area contributed by atoms with Crippen LogP contribution < -0.4 is 14.8 Å². The molecule has 1 amide bonds. The van der Waals surface area contributed by atoms with E-state index in [0.717, 1.165) is 16.5 Å². The second-order valence-electron chi connectivity index (χ2n) is 4.83. The van der Waals surface area contributed by atoms with E-state index in [1.54, 1.807) is 23.9 Å². The van der Waals surface area contributed by atoms with Crippen LogP contribution in [0.1, 0.15) is 37.6 Å². The van der Waals surface area contributed by atoms with E-state index in [-0.39, 0.29) is 5.91 Å². The van der Waals surface area contributed by atoms with Crippen molar-refractivity contribution in [2.45, 2.75) is 31.5 Å². The summed E-state index contributed by atoms with van der Waals surface area (Å²) >= 11 is 9.19. The third kappa shape index (κ3) is 5.49. The number of carbonyl (C=O) groups excluding carboxylic acids is 1. The lowest BCUT2D eigenvalue weighted by molar-refractivity contribution is 0.102. The van der Waals surface area contributed by atoms with Crippen LogP contribution in [0.15, 0.2) is 16.5 Å². The number of aromatic nitrogens is 2. The van der Waals surface area contributed by atoms with Crippen LogP contribution in [0.4, 0.5) is 5.13 Å². The van der Waals surface area contributed by atoms with E-state index in [1.165, 1.54) is 11.3 Å². The molecule has 2 aromatic rings. The highest BCUT2D eigenvalue weighted by molar-refractivity contribution is 8.01. The fourth-order valence-electron chi connectivity index (χ4n) is 1.92. The zero-order valence-corrected chi connectivity index (χ0v) is 16.7. The van der Waals surface area contributed by atoms with Crippen molar-refractivity contribution in [3.8, 4) is 11.5 Å². The van der Waals surface area contributed by atoms with Gasteiger partial charge in [0.1, 0.15) is 0 Å². The molecule has 1 heterocycles. The van der Waals surface area contributed by atoms with Crippen molar-refractivity contribution in [2.75, 3.05) is 24.3 Å². The summed E-state index contributed by atoms with van der Waals surface area (Å²) in [5.41, 5.74) is 0.372. The van der Waals surface area contributed by atoms with E-state index in [9.17, 15) is 4.79 Å². The van der Waals surface area contributed by atoms with Crippen LogP contribution in [0.2, 0.25) is 5.02 Å². The fraction of sp³-hybridized carbons (Fsp3) is 0.438. The minimum atomic E-state index is -0.325. The van der Waals surface area contributed by atoms with Gasteiger partial charge in [-0.2, -0.15) is 0 Å². The maximum absolute atomic E-state index is 12.5. The van der Waals surface area contributed by atoms with Crippen LogP contribution in [0.3, 0.4) is 0 Å². The first kappa shape index (κ1) is 19.8. The first-order valence-corrected chi connectivity index (χ1v) is 10.1. The molecule has 9 heteroatoms. The highest BCUT2D eigenvalue weighted by Gasteiger charge is 2.17. The maximum Gasteiger partial charge on any atom is 0.257 e. The number of amides is 1. The summed E-state index contributed by atoms with van der Waals surface area (Å²) in [4.78, 5) is 12.5. The molecule has 0 fully saturated rings. The normalized spacial score (nSPS) is 10.6. The lowest BCUT2D eigenvalue weighted by Gasteiger charge is -2.14. The molecule has 0 aliphatic rings. The van der Waals surface area contributed by atoms with Gasteiger partial charge in [-0.25, -0.2) is 0 Å². The maximum atomic E-state index is 12.5. The van der Waals surface area contributed by atoms with E-state index in [1.807, 2.05) is 20.8 Å². The van der Waals surface area contributed by atoms with Crippen molar-refractivity contribution in [1.29, 1.82) is 0 Å². The highest BCUT2D eigenvalue weighted by atomic mass is 35.5. The van der Waals surface area contributed by atoms with Crippen LogP contribution in [0.5, 0.6) is 11.5 Å². The summed E-state index contributed by atoms with van der Waals surface area (Å²) in [6.45, 7) is 6.86. The molecule has 0 spiro atoms. The van der Waals surface area contributed by atoms with E-state index < -0.39 is 0 Å². The topological polar surface area (TPSA) is 73.3 Å². The van der Waals surface area contributed by atoms with Crippen molar-refractivity contribution in [3.05, 3.63) is 22.7 Å². The van der Waals surface area contributed by atoms with Gasteiger partial charge in [-0.3, -0.25) is 10.1 Å². The molecule has 0 saturated heterocycles. The standard InChI is InChI=1S/C16H20ClN3O3S2/c1-4-7-23-13-11(17)8-10(9-12(13)22-5-2)14(21)18-15-19-20-16(25-15)24-6-3/h8-9H,4-7H2,1-3H3,(H,18,19,21). The molecule has 0 saturated carbocycles. The molecule has 6 nitrogen and oxygen atoms in total. The highest BCUT2D eigenvalue weighted by Crippen LogP contribution is 2.37. The second kappa shape index (κ2) is 9.84. The van der Waals surface area contributed by atoms with Gasteiger partial charge in [0.15, 0.2) is 15.8 Å². The number of hydrogen-bond acceptors (Lipinski definition) is 7. The van der Waals surface area contributed by atoms with E-state index >= 15 is 0 Å². The Hall–Kier alpha value is -1.51. The largest absolute Gasteiger partial charge is 0.490 e. The second-order valence-corrected chi connectivity index (χ2v) is 7.72. The van der Waals surface area contributed by atoms with Gasteiger partial charge in [0, 0.05) is 5.56 Å². The zero-order chi connectivity index (χ0) is 18.2. The van der Waals surface area contributed by atoms with Gasteiger partial charge in [-0.15, -0.1) is 10.2 Å². The molecule has 2 rings (SSSR count). The zero-order valence-electron chi connectivity index (χ0n) is 14.3. The molecular formula is C16H20ClN3O3S2. The predicted octanol–water partition coefficient (Wildman–Crippen LogP) is 4.74. The summed E-state index contributed by atoms with van der Waals surface area (Å²) in [7, 11) is 0. The number of anilines is 1. The first-order chi connectivity index (χ1) is 12.1. The van der Waals surface area contributed by atoms with Crippen LogP contribution in [-0.4, -0.2) is 35.1 Å². The van der Waals surface area contributed by atoms with Crippen LogP contribution in [-0.2, 0) is 0 Å². The van der Waals surface area contributed by atoms with Crippen LogP contribution in [0, 0.1) is 0 Å². The third-order valence-corrected chi connectivity index (χ3v) is 5.05. The van der Waals surface area contributed by atoms with E-state index in [2.05, 4.69) is 15.5 Å². The van der Waals surface area contributed by atoms with Crippen molar-refractivity contribution in [2.24, 2.45) is 0 Å². The van der Waals surface area contributed by atoms with Gasteiger partial charge < -0.3 is 9.47 Å². The van der Waals surface area contributed by atoms with Gasteiger partial charge >= 0.3 is 0 Å². The Bertz CT molecular complexity index is 725. The molecule has 0 aliphatic carbocycles. The average molecular weight is 402 g/mol. The Labute approximate surface area is 160 Å². The Kier molecular flexibility index (Phi) is 7.80. The number of halogens is 1. The number of benzene rings is 1. The quantitative estimate of drug-likeness (QED) is 0.483. The van der Waals surface area contributed by atoms with Crippen molar-refractivity contribution in [1.82, 2.24) is 10.2 Å². The minimum absolute atomic E-state index is 0.325. The van der Waals surface area contributed by atoms with Crippen molar-refractivity contribution in [3.63, 3.8) is 0 Å². The fourth-order valence-corrected chi connectivity index (χ4v) is 3.83. The SMILES string of the molecule is CCCOc1c(Cl)cc(C(=O)Nc2nnc(SCC)s2)cc1OCC. The van der Waals surface area contributed by atoms with Crippen LogP contribution >= 0.6 is 34.7 Å². The average Bonchev–Trinajstić information content (AvgIpc) is 3.01. The summed E-state index contributed by atoms with van der Waals surface area (Å²) in [6, 6.07) is 3.19. The lowest BCUT2D eigenvalue weighted by Crippen LogP contribution is -2.12. The van der Waals surface area contributed by atoms with Gasteiger partial charge in [-0.05, 0) is 31.2 Å². The Morgan fingerprint density at radius 1 is 1.28 bits per heavy atom. The summed E-state index contributed by atoms with van der Waals surface area (Å²) in [5, 5.41) is 11.5. The van der Waals surface area contributed by atoms with Gasteiger partial charge in [0.25, 0.3) is 5.91 Å². The predicted molar refractivity (Wildman–Crippen MR) is 103 cm³/mol. The monoisotopic (exact) mass is 401 g/mol. The number of rotatable bonds is 9. The number of hydrogen-bond donors (Lipinski definition) is 1. The smallest absolute Gasteiger partial charge is 0.257 e. The first-order valence-electron chi connectivity index (χ1n) is 7.95. The summed E-state index contributed by atoms with van der Waals surface area (Å²) < 4.78 is 12.0. The minimum Gasteiger partial charge on any atom is -0.490 e. The number of nitrogens with one attached hydrogen (secondary N) is 1. The molecule has 25 heavy (non-hydrogen) atoms. The van der Waals surface area contributed by atoms with Gasteiger partial charge in [0.2, 0.25) is 5.13 Å². The lowest BCUT2D eigenvalue weighted by atomic mass is 10.2. The molecule has 0 bridgehead atoms. The van der Waals surface area contributed by atoms with Gasteiger partial charge in [0.05, 0.1) is 18.2 Å². The van der Waals surface area contributed by atoms with E-state index in [4.69, 9.17) is 21.1 Å². The Morgan fingerprint density at radius 3 is 2.76 bits per heavy atom. The van der Waals surface area contributed by atoms with Crippen molar-refractivity contribution >= 4 is 45.7 Å². The molecule has 0 radical (unpaired) electrons. The molecule has 0 atom stereocenters. The molecule has 1 N–H and O–H groups in total. The number of ether oxygens (including phenoxy) is 2. The summed E-state index contributed by atoms with van der Waals surface area (Å²) in [6.07, 6.45) is 0.847. The van der Waals surface area contributed by atoms with E-state index in [0.29, 0.717) is 40.4 Å². The molecule has 1 aromatic heterocycles.